The summed E-state index contributed by atoms with van der Waals surface area (Å²) in [6, 6.07) is 9.87. The van der Waals surface area contributed by atoms with E-state index in [0.29, 0.717) is 12.0 Å². The van der Waals surface area contributed by atoms with Gasteiger partial charge in [0.05, 0.1) is 5.76 Å². The van der Waals surface area contributed by atoms with Gasteiger partial charge in [0.15, 0.2) is 5.78 Å². The predicted molar refractivity (Wildman–Crippen MR) is 70.7 cm³/mol. The van der Waals surface area contributed by atoms with E-state index in [2.05, 4.69) is 0 Å². The molecule has 1 aromatic rings. The van der Waals surface area contributed by atoms with Crippen LogP contribution in [0.5, 0.6) is 0 Å². The van der Waals surface area contributed by atoms with Gasteiger partial charge in [-0.05, 0) is 31.9 Å². The normalized spacial score (nSPS) is 13.2. The maximum absolute atomic E-state index is 11.4. The third-order valence-corrected chi connectivity index (χ3v) is 2.72. The average Bonchev–Trinajstić information content (AvgIpc) is 2.30. The van der Waals surface area contributed by atoms with Gasteiger partial charge in [-0.2, -0.15) is 0 Å². The lowest BCUT2D eigenvalue weighted by molar-refractivity contribution is -0.113. The van der Waals surface area contributed by atoms with Crippen LogP contribution in [0.4, 0.5) is 0 Å². The summed E-state index contributed by atoms with van der Waals surface area (Å²) in [6.07, 6.45) is 2.44. The van der Waals surface area contributed by atoms with E-state index >= 15 is 0 Å². The largest absolute Gasteiger partial charge is 0.512 e. The van der Waals surface area contributed by atoms with Crippen LogP contribution in [-0.2, 0) is 4.79 Å². The fraction of sp³-hybridized carbons (Fsp3) is 0.267. The first kappa shape index (κ1) is 13.2. The number of hydrogen-bond acceptors (Lipinski definition) is 2. The number of ketones is 1. The Balaban J connectivity index is 3.01. The molecule has 1 rings (SSSR count). The van der Waals surface area contributed by atoms with Crippen molar-refractivity contribution in [3.8, 4) is 0 Å². The Hall–Kier alpha value is -1.83. The summed E-state index contributed by atoms with van der Waals surface area (Å²) in [4.78, 5) is 11.4. The minimum Gasteiger partial charge on any atom is -0.512 e. The molecule has 0 spiro atoms. The van der Waals surface area contributed by atoms with Gasteiger partial charge in [0.1, 0.15) is 0 Å². The molecule has 0 fully saturated rings. The van der Waals surface area contributed by atoms with Crippen LogP contribution in [0, 0.1) is 0 Å². The van der Waals surface area contributed by atoms with Crippen LogP contribution in [0.2, 0.25) is 0 Å². The number of hydrogen-bond donors (Lipinski definition) is 1. The lowest BCUT2D eigenvalue weighted by Crippen LogP contribution is -2.01. The van der Waals surface area contributed by atoms with Crippen LogP contribution in [0.1, 0.15) is 32.8 Å². The molecule has 2 heteroatoms. The van der Waals surface area contributed by atoms with E-state index in [1.807, 2.05) is 43.3 Å². The summed E-state index contributed by atoms with van der Waals surface area (Å²) >= 11 is 0. The highest BCUT2D eigenvalue weighted by Gasteiger charge is 2.11. The number of carbonyl (C=O) groups excluding carboxylic acids is 1. The summed E-state index contributed by atoms with van der Waals surface area (Å²) in [7, 11) is 0. The van der Waals surface area contributed by atoms with Crippen molar-refractivity contribution in [3.63, 3.8) is 0 Å². The standard InChI is InChI=1S/C15H18O2/c1-4-13(14-8-6-5-7-9-14)10-15(11(2)16)12(3)17/h4-9,16H,10H2,1-3H3/b13-4+,15-11-. The van der Waals surface area contributed by atoms with Crippen molar-refractivity contribution in [2.24, 2.45) is 0 Å². The first-order chi connectivity index (χ1) is 8.06. The zero-order valence-electron chi connectivity index (χ0n) is 10.5. The van der Waals surface area contributed by atoms with Gasteiger partial charge in [-0.3, -0.25) is 4.79 Å². The fourth-order valence-electron chi connectivity index (χ4n) is 1.72. The molecule has 0 heterocycles. The number of Topliss-reactive ketones (excluding diaryl/α,β-unsaturated/α-hetero) is 1. The first-order valence-electron chi connectivity index (χ1n) is 5.66. The molecule has 1 N–H and O–H groups in total. The molecule has 90 valence electrons. The summed E-state index contributed by atoms with van der Waals surface area (Å²) in [5, 5.41) is 9.51. The van der Waals surface area contributed by atoms with Gasteiger partial charge in [-0.25, -0.2) is 0 Å². The van der Waals surface area contributed by atoms with Gasteiger partial charge in [0.2, 0.25) is 0 Å². The average molecular weight is 230 g/mol. The molecule has 0 saturated heterocycles. The molecule has 0 aliphatic rings. The van der Waals surface area contributed by atoms with Gasteiger partial charge < -0.3 is 5.11 Å². The summed E-state index contributed by atoms with van der Waals surface area (Å²) < 4.78 is 0. The number of aliphatic hydroxyl groups excluding tert-OH is 1. The van der Waals surface area contributed by atoms with Crippen molar-refractivity contribution in [2.45, 2.75) is 27.2 Å². The maximum Gasteiger partial charge on any atom is 0.159 e. The smallest absolute Gasteiger partial charge is 0.159 e. The number of rotatable bonds is 4. The van der Waals surface area contributed by atoms with E-state index in [1.54, 1.807) is 6.92 Å². The molecule has 0 saturated carbocycles. The monoisotopic (exact) mass is 230 g/mol. The quantitative estimate of drug-likeness (QED) is 0.629. The van der Waals surface area contributed by atoms with Gasteiger partial charge in [0.25, 0.3) is 0 Å². The van der Waals surface area contributed by atoms with Crippen molar-refractivity contribution in [2.75, 3.05) is 0 Å². The van der Waals surface area contributed by atoms with Crippen LogP contribution in [-0.4, -0.2) is 10.9 Å². The molecule has 0 unspecified atom stereocenters. The zero-order chi connectivity index (χ0) is 12.8. The summed E-state index contributed by atoms with van der Waals surface area (Å²) in [5.74, 6) is 0.0214. The molecule has 0 aliphatic heterocycles. The van der Waals surface area contributed by atoms with Gasteiger partial charge in [-0.15, -0.1) is 0 Å². The number of aliphatic hydroxyl groups is 1. The molecule has 0 amide bonds. The highest BCUT2D eigenvalue weighted by molar-refractivity contribution is 5.96. The molecule has 0 aliphatic carbocycles. The van der Waals surface area contributed by atoms with Crippen molar-refractivity contribution >= 4 is 11.4 Å². The second kappa shape index (κ2) is 6.04. The first-order valence-corrected chi connectivity index (χ1v) is 5.66. The van der Waals surface area contributed by atoms with E-state index in [4.69, 9.17) is 0 Å². The van der Waals surface area contributed by atoms with E-state index in [1.165, 1.54) is 6.92 Å². The zero-order valence-corrected chi connectivity index (χ0v) is 10.5. The Morgan fingerprint density at radius 2 is 1.82 bits per heavy atom. The Morgan fingerprint density at radius 1 is 1.24 bits per heavy atom. The Kier molecular flexibility index (Phi) is 4.70. The van der Waals surface area contributed by atoms with Crippen molar-refractivity contribution in [3.05, 3.63) is 53.3 Å². The Morgan fingerprint density at radius 3 is 2.24 bits per heavy atom. The summed E-state index contributed by atoms with van der Waals surface area (Å²) in [5.41, 5.74) is 2.60. The molecule has 2 nitrogen and oxygen atoms in total. The lowest BCUT2D eigenvalue weighted by atomic mass is 9.95. The second-order valence-corrected chi connectivity index (χ2v) is 3.98. The van der Waals surface area contributed by atoms with E-state index < -0.39 is 0 Å². The third-order valence-electron chi connectivity index (χ3n) is 2.72. The van der Waals surface area contributed by atoms with Crippen molar-refractivity contribution in [1.29, 1.82) is 0 Å². The number of allylic oxidation sites excluding steroid dienone is 4. The second-order valence-electron chi connectivity index (χ2n) is 3.98. The van der Waals surface area contributed by atoms with Crippen LogP contribution in [0.15, 0.2) is 47.7 Å². The predicted octanol–water partition coefficient (Wildman–Crippen LogP) is 3.90. The minimum atomic E-state index is -0.0831. The highest BCUT2D eigenvalue weighted by Crippen LogP contribution is 2.24. The van der Waals surface area contributed by atoms with Gasteiger partial charge in [0, 0.05) is 12.0 Å². The minimum absolute atomic E-state index is 0.0831. The Bertz CT molecular complexity index is 449. The van der Waals surface area contributed by atoms with Crippen LogP contribution < -0.4 is 0 Å². The molecule has 0 radical (unpaired) electrons. The van der Waals surface area contributed by atoms with Crippen LogP contribution in [0.3, 0.4) is 0 Å². The van der Waals surface area contributed by atoms with Gasteiger partial charge in [-0.1, -0.05) is 36.4 Å². The van der Waals surface area contributed by atoms with Crippen LogP contribution >= 0.6 is 0 Å². The molecule has 0 atom stereocenters. The van der Waals surface area contributed by atoms with Crippen molar-refractivity contribution < 1.29 is 9.90 Å². The lowest BCUT2D eigenvalue weighted by Gasteiger charge is -2.09. The SMILES string of the molecule is C/C=C(\C/C(C(C)=O)=C(\C)O)c1ccccc1. The topological polar surface area (TPSA) is 37.3 Å². The molecule has 0 aromatic heterocycles. The molecule has 1 aromatic carbocycles. The van der Waals surface area contributed by atoms with E-state index in [0.717, 1.165) is 11.1 Å². The molecular formula is C15H18O2. The fourth-order valence-corrected chi connectivity index (χ4v) is 1.72. The third kappa shape index (κ3) is 3.59. The summed E-state index contributed by atoms with van der Waals surface area (Å²) in [6.45, 7) is 4.97. The van der Waals surface area contributed by atoms with E-state index in [-0.39, 0.29) is 11.5 Å². The Labute approximate surface area is 102 Å². The molecule has 17 heavy (non-hydrogen) atoms. The highest BCUT2D eigenvalue weighted by atomic mass is 16.3. The molecule has 0 bridgehead atoms. The molecular weight excluding hydrogens is 212 g/mol. The number of benzene rings is 1. The number of carbonyl (C=O) groups is 1. The van der Waals surface area contributed by atoms with Gasteiger partial charge >= 0.3 is 0 Å². The van der Waals surface area contributed by atoms with E-state index in [9.17, 15) is 9.90 Å². The van der Waals surface area contributed by atoms with Crippen molar-refractivity contribution in [1.82, 2.24) is 0 Å². The maximum atomic E-state index is 11.4. The van der Waals surface area contributed by atoms with Crippen LogP contribution in [0.25, 0.3) is 5.57 Å².